The molecule has 5 aromatic rings. The summed E-state index contributed by atoms with van der Waals surface area (Å²) in [6.07, 6.45) is -0.750. The second kappa shape index (κ2) is 10.2. The molecule has 0 saturated heterocycles. The van der Waals surface area contributed by atoms with Gasteiger partial charge >= 0.3 is 0 Å². The van der Waals surface area contributed by atoms with Crippen molar-refractivity contribution >= 4 is 22.7 Å². The van der Waals surface area contributed by atoms with Gasteiger partial charge in [-0.05, 0) is 29.8 Å². The Morgan fingerprint density at radius 2 is 1.55 bits per heavy atom. The maximum absolute atomic E-state index is 12.8. The molecule has 0 bridgehead atoms. The monoisotopic (exact) mass is 499 g/mol. The molecule has 186 valence electrons. The summed E-state index contributed by atoms with van der Waals surface area (Å²) in [5, 5.41) is 6.90. The van der Waals surface area contributed by atoms with Crippen molar-refractivity contribution in [3.8, 4) is 17.0 Å². The number of aromatic nitrogens is 1. The van der Waals surface area contributed by atoms with Crippen LogP contribution in [0, 0.1) is 0 Å². The Morgan fingerprint density at radius 1 is 0.868 bits per heavy atom. The van der Waals surface area contributed by atoms with Crippen molar-refractivity contribution in [2.45, 2.75) is 19.8 Å². The minimum absolute atomic E-state index is 0.227. The molecule has 1 atom stereocenters. The maximum atomic E-state index is 12.8. The number of amides is 1. The molecule has 1 amide bonds. The Bertz CT molecular complexity index is 1630. The summed E-state index contributed by atoms with van der Waals surface area (Å²) in [6.45, 7) is 1.89. The Balaban J connectivity index is 1.39. The number of nitrogens with zero attached hydrogens (tertiary/aromatic N) is 3. The van der Waals surface area contributed by atoms with Gasteiger partial charge in [-0.1, -0.05) is 91.0 Å². The van der Waals surface area contributed by atoms with E-state index in [0.29, 0.717) is 23.8 Å². The van der Waals surface area contributed by atoms with Gasteiger partial charge in [0.25, 0.3) is 0 Å². The lowest BCUT2D eigenvalue weighted by Crippen LogP contribution is -2.25. The number of rotatable bonds is 6. The zero-order valence-electron chi connectivity index (χ0n) is 20.8. The summed E-state index contributed by atoms with van der Waals surface area (Å²) in [7, 11) is 0. The van der Waals surface area contributed by atoms with Crippen molar-refractivity contribution in [2.24, 2.45) is 5.10 Å². The van der Waals surface area contributed by atoms with Crippen LogP contribution in [-0.4, -0.2) is 21.8 Å². The van der Waals surface area contributed by atoms with Gasteiger partial charge in [-0.25, -0.2) is 4.98 Å². The highest BCUT2D eigenvalue weighted by atomic mass is 16.5. The fraction of sp³-hybridized carbons (Fsp3) is 0.0938. The fourth-order valence-corrected chi connectivity index (χ4v) is 4.55. The van der Waals surface area contributed by atoms with Crippen LogP contribution in [0.2, 0.25) is 0 Å². The summed E-state index contributed by atoms with van der Waals surface area (Å²) in [5.41, 5.74) is 5.14. The Hall–Kier alpha value is -4.97. The van der Waals surface area contributed by atoms with E-state index < -0.39 is 6.23 Å². The minimum atomic E-state index is -0.750. The number of ether oxygens (including phenoxy) is 2. The average molecular weight is 500 g/mol. The maximum Gasteiger partial charge on any atom is 0.244 e. The van der Waals surface area contributed by atoms with E-state index >= 15 is 0 Å². The molecule has 1 aliphatic rings. The molecule has 0 saturated carbocycles. The van der Waals surface area contributed by atoms with Gasteiger partial charge < -0.3 is 9.47 Å². The number of fused-ring (bicyclic) bond motifs is 1. The molecule has 0 N–H and O–H groups in total. The lowest BCUT2D eigenvalue weighted by Gasteiger charge is -2.21. The van der Waals surface area contributed by atoms with E-state index in [-0.39, 0.29) is 5.91 Å². The van der Waals surface area contributed by atoms with Crippen molar-refractivity contribution in [2.75, 3.05) is 0 Å². The SMILES string of the molecule is CC(=O)N1N=C(c2ccccc2OCc2ccccc2)O[C@H]1c1cc(-c2ccccc2)nc2ccccc12. The first kappa shape index (κ1) is 23.4. The largest absolute Gasteiger partial charge is 0.488 e. The number of hydrogen-bond donors (Lipinski definition) is 0. The van der Waals surface area contributed by atoms with Crippen LogP contribution in [0.3, 0.4) is 0 Å². The highest BCUT2D eigenvalue weighted by Gasteiger charge is 2.35. The van der Waals surface area contributed by atoms with E-state index in [2.05, 4.69) is 5.10 Å². The average Bonchev–Trinajstić information content (AvgIpc) is 3.42. The fourth-order valence-electron chi connectivity index (χ4n) is 4.55. The molecule has 1 aliphatic heterocycles. The van der Waals surface area contributed by atoms with Gasteiger partial charge in [-0.3, -0.25) is 4.79 Å². The van der Waals surface area contributed by atoms with Crippen LogP contribution in [-0.2, 0) is 16.1 Å². The van der Waals surface area contributed by atoms with Crippen molar-refractivity contribution in [3.63, 3.8) is 0 Å². The van der Waals surface area contributed by atoms with Crippen molar-refractivity contribution in [1.82, 2.24) is 9.99 Å². The highest BCUT2D eigenvalue weighted by molar-refractivity contribution is 5.99. The van der Waals surface area contributed by atoms with Gasteiger partial charge in [-0.2, -0.15) is 5.01 Å². The first-order chi connectivity index (χ1) is 18.7. The predicted molar refractivity (Wildman–Crippen MR) is 147 cm³/mol. The van der Waals surface area contributed by atoms with E-state index in [1.54, 1.807) is 0 Å². The summed E-state index contributed by atoms with van der Waals surface area (Å²) in [5.74, 6) is 0.731. The minimum Gasteiger partial charge on any atom is -0.488 e. The number of para-hydroxylation sites is 2. The van der Waals surface area contributed by atoms with Crippen LogP contribution in [0.1, 0.15) is 29.8 Å². The quantitative estimate of drug-likeness (QED) is 0.260. The number of pyridine rings is 1. The van der Waals surface area contributed by atoms with Crippen LogP contribution in [0.25, 0.3) is 22.2 Å². The molecule has 0 fully saturated rings. The third-order valence-electron chi connectivity index (χ3n) is 6.40. The van der Waals surface area contributed by atoms with Gasteiger partial charge in [0.1, 0.15) is 12.4 Å². The third-order valence-corrected chi connectivity index (χ3v) is 6.40. The summed E-state index contributed by atoms with van der Waals surface area (Å²) in [4.78, 5) is 17.7. The van der Waals surface area contributed by atoms with Crippen molar-refractivity contribution in [1.29, 1.82) is 0 Å². The van der Waals surface area contributed by atoms with E-state index in [4.69, 9.17) is 14.5 Å². The van der Waals surface area contributed by atoms with Gasteiger partial charge in [0.2, 0.25) is 18.0 Å². The molecule has 2 heterocycles. The zero-order chi connectivity index (χ0) is 25.9. The molecule has 6 nitrogen and oxygen atoms in total. The lowest BCUT2D eigenvalue weighted by atomic mass is 10.0. The Labute approximate surface area is 220 Å². The van der Waals surface area contributed by atoms with Gasteiger partial charge in [0, 0.05) is 23.4 Å². The van der Waals surface area contributed by atoms with Gasteiger partial charge in [-0.15, -0.1) is 5.10 Å². The Morgan fingerprint density at radius 3 is 2.34 bits per heavy atom. The molecule has 6 heteroatoms. The molecular weight excluding hydrogens is 474 g/mol. The van der Waals surface area contributed by atoms with E-state index in [0.717, 1.165) is 33.3 Å². The molecule has 6 rings (SSSR count). The molecule has 0 radical (unpaired) electrons. The molecule has 38 heavy (non-hydrogen) atoms. The van der Waals surface area contributed by atoms with Crippen molar-refractivity contribution < 1.29 is 14.3 Å². The van der Waals surface area contributed by atoms with E-state index in [9.17, 15) is 4.79 Å². The second-order valence-corrected chi connectivity index (χ2v) is 8.99. The lowest BCUT2D eigenvalue weighted by molar-refractivity contribution is -0.135. The zero-order valence-corrected chi connectivity index (χ0v) is 20.8. The van der Waals surface area contributed by atoms with Crippen molar-refractivity contribution in [3.05, 3.63) is 132 Å². The summed E-state index contributed by atoms with van der Waals surface area (Å²) < 4.78 is 12.6. The molecule has 4 aromatic carbocycles. The third kappa shape index (κ3) is 4.60. The molecular formula is C32H25N3O3. The Kier molecular flexibility index (Phi) is 6.28. The van der Waals surface area contributed by atoms with Crippen LogP contribution in [0.4, 0.5) is 0 Å². The normalized spacial score (nSPS) is 14.7. The van der Waals surface area contributed by atoms with Crippen LogP contribution in [0.5, 0.6) is 5.75 Å². The number of benzene rings is 4. The van der Waals surface area contributed by atoms with Crippen LogP contribution in [0.15, 0.2) is 120 Å². The molecule has 0 unspecified atom stereocenters. The van der Waals surface area contributed by atoms with E-state index in [1.807, 2.05) is 115 Å². The topological polar surface area (TPSA) is 64.0 Å². The number of hydrazone groups is 1. The first-order valence-electron chi connectivity index (χ1n) is 12.4. The standard InChI is InChI=1S/C32H25N3O3/c1-22(36)35-32(27-20-29(24-14-6-3-7-15-24)33-28-18-10-8-16-25(27)28)38-31(34-35)26-17-9-11-19-30(26)37-21-23-12-4-2-5-13-23/h2-20,32H,21H2,1H3/t32-/m0/s1. The van der Waals surface area contributed by atoms with Gasteiger partial charge in [0.05, 0.1) is 16.8 Å². The first-order valence-corrected chi connectivity index (χ1v) is 12.4. The molecule has 0 spiro atoms. The summed E-state index contributed by atoms with van der Waals surface area (Å²) in [6, 6.07) is 37.3. The molecule has 0 aliphatic carbocycles. The van der Waals surface area contributed by atoms with E-state index in [1.165, 1.54) is 11.9 Å². The number of carbonyl (C=O) groups excluding carboxylic acids is 1. The summed E-state index contributed by atoms with van der Waals surface area (Å²) >= 11 is 0. The molecule has 1 aromatic heterocycles. The second-order valence-electron chi connectivity index (χ2n) is 8.99. The smallest absolute Gasteiger partial charge is 0.244 e. The van der Waals surface area contributed by atoms with Crippen LogP contribution >= 0.6 is 0 Å². The van der Waals surface area contributed by atoms with Crippen LogP contribution < -0.4 is 4.74 Å². The number of hydrogen-bond acceptors (Lipinski definition) is 5. The predicted octanol–water partition coefficient (Wildman–Crippen LogP) is 6.72. The highest BCUT2D eigenvalue weighted by Crippen LogP contribution is 2.37. The van der Waals surface area contributed by atoms with Gasteiger partial charge in [0.15, 0.2) is 0 Å². The number of carbonyl (C=O) groups is 1.